The van der Waals surface area contributed by atoms with Crippen molar-refractivity contribution in [2.45, 2.75) is 26.9 Å². The van der Waals surface area contributed by atoms with E-state index in [0.717, 1.165) is 11.4 Å². The van der Waals surface area contributed by atoms with E-state index in [1.165, 1.54) is 0 Å². The van der Waals surface area contributed by atoms with Gasteiger partial charge in [0.25, 0.3) is 0 Å². The molecule has 1 aromatic heterocycles. The zero-order chi connectivity index (χ0) is 16.9. The Labute approximate surface area is 136 Å². The molecule has 2 aromatic rings. The van der Waals surface area contributed by atoms with Crippen LogP contribution in [0.2, 0.25) is 0 Å². The van der Waals surface area contributed by atoms with Crippen molar-refractivity contribution in [2.75, 3.05) is 15.8 Å². The van der Waals surface area contributed by atoms with E-state index in [2.05, 4.69) is 20.2 Å². The Morgan fingerprint density at radius 1 is 1.04 bits per heavy atom. The number of nitrogens with one attached hydrogen (secondary N) is 2. The van der Waals surface area contributed by atoms with Gasteiger partial charge in [0.05, 0.1) is 11.9 Å². The third kappa shape index (κ3) is 5.41. The molecule has 0 fully saturated rings. The molecule has 0 amide bonds. The fourth-order valence-electron chi connectivity index (χ4n) is 1.72. The number of aromatic nitrogens is 2. The quantitative estimate of drug-likeness (QED) is 0.807. The molecule has 124 valence electrons. The molecule has 0 aliphatic heterocycles. The van der Waals surface area contributed by atoms with Crippen molar-refractivity contribution in [3.05, 3.63) is 36.4 Å². The number of hydrogen-bond donors (Lipinski definition) is 2. The zero-order valence-electron chi connectivity index (χ0n) is 13.3. The first-order chi connectivity index (χ1) is 10.9. The van der Waals surface area contributed by atoms with Crippen molar-refractivity contribution in [1.82, 2.24) is 10.2 Å². The average Bonchev–Trinajstić information content (AvgIpc) is 2.50. The normalized spacial score (nSPS) is 11.3. The van der Waals surface area contributed by atoms with Crippen LogP contribution in [0.5, 0.6) is 5.75 Å². The van der Waals surface area contributed by atoms with Crippen LogP contribution in [0, 0.1) is 0 Å². The molecule has 23 heavy (non-hydrogen) atoms. The average molecular weight is 336 g/mol. The van der Waals surface area contributed by atoms with Crippen LogP contribution < -0.4 is 14.8 Å². The van der Waals surface area contributed by atoms with E-state index in [1.807, 2.05) is 38.1 Å². The Morgan fingerprint density at radius 3 is 2.17 bits per heavy atom. The molecule has 0 aliphatic rings. The fourth-order valence-corrected chi connectivity index (χ4v) is 2.29. The standard InChI is InChI=1S/C15H20N4O3S/c1-4-23(20,21)19-15-10-9-14(17-18-15)16-12-5-7-13(8-6-12)22-11(2)3/h5-11H,4H2,1-3H3,(H,16,17)(H,18,19). The number of rotatable bonds is 7. The van der Waals surface area contributed by atoms with Gasteiger partial charge in [-0.1, -0.05) is 0 Å². The molecule has 0 unspecified atom stereocenters. The summed E-state index contributed by atoms with van der Waals surface area (Å²) < 4.78 is 30.8. The van der Waals surface area contributed by atoms with Crippen molar-refractivity contribution in [1.29, 1.82) is 0 Å². The van der Waals surface area contributed by atoms with Crippen molar-refractivity contribution < 1.29 is 13.2 Å². The largest absolute Gasteiger partial charge is 0.491 e. The first-order valence-electron chi connectivity index (χ1n) is 7.26. The molecule has 1 aromatic carbocycles. The molecule has 1 heterocycles. The Kier molecular flexibility index (Phi) is 5.38. The third-order valence-electron chi connectivity index (χ3n) is 2.80. The van der Waals surface area contributed by atoms with E-state index >= 15 is 0 Å². The van der Waals surface area contributed by atoms with Gasteiger partial charge in [0.15, 0.2) is 11.6 Å². The Hall–Kier alpha value is -2.35. The minimum Gasteiger partial charge on any atom is -0.491 e. The van der Waals surface area contributed by atoms with Crippen LogP contribution in [0.4, 0.5) is 17.3 Å². The van der Waals surface area contributed by atoms with Gasteiger partial charge in [-0.05, 0) is 57.2 Å². The van der Waals surface area contributed by atoms with Crippen molar-refractivity contribution in [3.63, 3.8) is 0 Å². The van der Waals surface area contributed by atoms with Gasteiger partial charge in [-0.3, -0.25) is 4.72 Å². The highest BCUT2D eigenvalue weighted by Gasteiger charge is 2.08. The number of ether oxygens (including phenoxy) is 1. The van der Waals surface area contributed by atoms with E-state index in [1.54, 1.807) is 19.1 Å². The number of anilines is 3. The second-order valence-electron chi connectivity index (χ2n) is 5.13. The minimum atomic E-state index is -3.35. The maximum absolute atomic E-state index is 11.4. The van der Waals surface area contributed by atoms with Crippen molar-refractivity contribution >= 4 is 27.3 Å². The van der Waals surface area contributed by atoms with E-state index in [4.69, 9.17) is 4.74 Å². The number of nitrogens with zero attached hydrogens (tertiary/aromatic N) is 2. The second-order valence-corrected chi connectivity index (χ2v) is 7.14. The van der Waals surface area contributed by atoms with Gasteiger partial charge in [-0.15, -0.1) is 10.2 Å². The Balaban J connectivity index is 2.00. The van der Waals surface area contributed by atoms with E-state index in [-0.39, 0.29) is 17.7 Å². The van der Waals surface area contributed by atoms with Crippen LogP contribution >= 0.6 is 0 Å². The summed E-state index contributed by atoms with van der Waals surface area (Å²) in [6.45, 7) is 5.49. The predicted octanol–water partition coefficient (Wildman–Crippen LogP) is 2.77. The topological polar surface area (TPSA) is 93.2 Å². The van der Waals surface area contributed by atoms with Crippen LogP contribution in [0.25, 0.3) is 0 Å². The molecule has 8 heteroatoms. The first-order valence-corrected chi connectivity index (χ1v) is 8.91. The minimum absolute atomic E-state index is 0.0144. The summed E-state index contributed by atoms with van der Waals surface area (Å²) in [6.07, 6.45) is 0.124. The highest BCUT2D eigenvalue weighted by molar-refractivity contribution is 7.92. The first kappa shape index (κ1) is 17.0. The summed E-state index contributed by atoms with van der Waals surface area (Å²) >= 11 is 0. The SMILES string of the molecule is CCS(=O)(=O)Nc1ccc(Nc2ccc(OC(C)C)cc2)nn1. The van der Waals surface area contributed by atoms with Crippen LogP contribution in [-0.2, 0) is 10.0 Å². The maximum Gasteiger partial charge on any atom is 0.233 e. The molecule has 7 nitrogen and oxygen atoms in total. The lowest BCUT2D eigenvalue weighted by Gasteiger charge is -2.11. The zero-order valence-corrected chi connectivity index (χ0v) is 14.1. The summed E-state index contributed by atoms with van der Waals surface area (Å²) in [5, 5.41) is 10.9. The molecule has 0 aliphatic carbocycles. The number of sulfonamides is 1. The molecule has 0 saturated carbocycles. The molecule has 2 N–H and O–H groups in total. The summed E-state index contributed by atoms with van der Waals surface area (Å²) in [7, 11) is -3.35. The summed E-state index contributed by atoms with van der Waals surface area (Å²) in [5.74, 6) is 1.49. The van der Waals surface area contributed by atoms with Gasteiger partial charge >= 0.3 is 0 Å². The monoisotopic (exact) mass is 336 g/mol. The van der Waals surface area contributed by atoms with Crippen molar-refractivity contribution in [3.8, 4) is 5.75 Å². The van der Waals surface area contributed by atoms with Gasteiger partial charge in [0, 0.05) is 5.69 Å². The van der Waals surface area contributed by atoms with E-state index < -0.39 is 10.0 Å². The molecular formula is C15H20N4O3S. The Morgan fingerprint density at radius 2 is 1.65 bits per heavy atom. The van der Waals surface area contributed by atoms with Gasteiger partial charge in [-0.2, -0.15) is 0 Å². The van der Waals surface area contributed by atoms with E-state index in [0.29, 0.717) is 5.82 Å². The lowest BCUT2D eigenvalue weighted by molar-refractivity contribution is 0.242. The van der Waals surface area contributed by atoms with Gasteiger partial charge in [0.1, 0.15) is 5.75 Å². The highest BCUT2D eigenvalue weighted by atomic mass is 32.2. The maximum atomic E-state index is 11.4. The second kappa shape index (κ2) is 7.28. The molecule has 0 spiro atoms. The van der Waals surface area contributed by atoms with Gasteiger partial charge < -0.3 is 10.1 Å². The van der Waals surface area contributed by atoms with Gasteiger partial charge in [0.2, 0.25) is 10.0 Å². The molecule has 0 bridgehead atoms. The highest BCUT2D eigenvalue weighted by Crippen LogP contribution is 2.20. The van der Waals surface area contributed by atoms with Crippen LogP contribution in [0.3, 0.4) is 0 Å². The summed E-state index contributed by atoms with van der Waals surface area (Å²) in [6, 6.07) is 10.7. The molecule has 0 saturated heterocycles. The van der Waals surface area contributed by atoms with Gasteiger partial charge in [-0.25, -0.2) is 8.42 Å². The van der Waals surface area contributed by atoms with Crippen LogP contribution in [0.15, 0.2) is 36.4 Å². The van der Waals surface area contributed by atoms with E-state index in [9.17, 15) is 8.42 Å². The lowest BCUT2D eigenvalue weighted by atomic mass is 10.3. The molecular weight excluding hydrogens is 316 g/mol. The predicted molar refractivity (Wildman–Crippen MR) is 90.6 cm³/mol. The fraction of sp³-hybridized carbons (Fsp3) is 0.333. The van der Waals surface area contributed by atoms with Crippen LogP contribution in [-0.4, -0.2) is 30.5 Å². The Bertz CT molecular complexity index is 728. The molecule has 0 atom stereocenters. The molecule has 2 rings (SSSR count). The molecule has 0 radical (unpaired) electrons. The third-order valence-corrected chi connectivity index (χ3v) is 4.08. The van der Waals surface area contributed by atoms with Crippen molar-refractivity contribution in [2.24, 2.45) is 0 Å². The lowest BCUT2D eigenvalue weighted by Crippen LogP contribution is -2.15. The summed E-state index contributed by atoms with van der Waals surface area (Å²) in [5.41, 5.74) is 0.831. The number of hydrogen-bond acceptors (Lipinski definition) is 6. The summed E-state index contributed by atoms with van der Waals surface area (Å²) in [4.78, 5) is 0. The number of benzene rings is 1. The van der Waals surface area contributed by atoms with Crippen LogP contribution in [0.1, 0.15) is 20.8 Å². The smallest absolute Gasteiger partial charge is 0.233 e.